The molecule has 21 heavy (non-hydrogen) atoms. The Morgan fingerprint density at radius 2 is 1.90 bits per heavy atom. The van der Waals surface area contributed by atoms with Gasteiger partial charge in [0.1, 0.15) is 0 Å². The summed E-state index contributed by atoms with van der Waals surface area (Å²) in [5, 5.41) is 6.23. The molecule has 0 aromatic heterocycles. The van der Waals surface area contributed by atoms with Crippen molar-refractivity contribution in [3.8, 4) is 0 Å². The Morgan fingerprint density at radius 1 is 1.10 bits per heavy atom. The van der Waals surface area contributed by atoms with Crippen molar-refractivity contribution in [1.29, 1.82) is 0 Å². The van der Waals surface area contributed by atoms with E-state index in [1.165, 1.54) is 11.1 Å². The summed E-state index contributed by atoms with van der Waals surface area (Å²) in [4.78, 5) is 11.4. The third-order valence-electron chi connectivity index (χ3n) is 3.96. The molecule has 0 radical (unpaired) electrons. The number of hydrogen-bond donors (Lipinski definition) is 3. The van der Waals surface area contributed by atoms with E-state index in [4.69, 9.17) is 5.73 Å². The van der Waals surface area contributed by atoms with Gasteiger partial charge in [-0.1, -0.05) is 6.07 Å². The van der Waals surface area contributed by atoms with Crippen LogP contribution in [0.15, 0.2) is 30.3 Å². The number of nitrogens with two attached hydrogens (primary N) is 1. The van der Waals surface area contributed by atoms with E-state index >= 15 is 0 Å². The monoisotopic (exact) mass is 281 g/mol. The molecule has 0 saturated heterocycles. The number of rotatable bonds is 2. The van der Waals surface area contributed by atoms with Crippen LogP contribution in [0.3, 0.4) is 0 Å². The maximum atomic E-state index is 11.4. The number of carbonyl (C=O) groups is 1. The number of nitrogens with one attached hydrogen (secondary N) is 2. The molecule has 1 aliphatic rings. The Kier molecular flexibility index (Phi) is 3.29. The molecule has 108 valence electrons. The van der Waals surface area contributed by atoms with Gasteiger partial charge in [-0.25, -0.2) is 0 Å². The van der Waals surface area contributed by atoms with Crippen LogP contribution in [-0.2, 0) is 11.2 Å². The molecule has 4 heteroatoms. The van der Waals surface area contributed by atoms with Gasteiger partial charge in [-0.15, -0.1) is 0 Å². The highest BCUT2D eigenvalue weighted by Gasteiger charge is 2.16. The van der Waals surface area contributed by atoms with Crippen molar-refractivity contribution in [3.63, 3.8) is 0 Å². The van der Waals surface area contributed by atoms with Crippen molar-refractivity contribution in [2.75, 3.05) is 16.4 Å². The van der Waals surface area contributed by atoms with Gasteiger partial charge < -0.3 is 16.4 Å². The molecule has 4 N–H and O–H groups in total. The molecule has 0 fully saturated rings. The molecule has 2 aromatic rings. The maximum absolute atomic E-state index is 11.4. The van der Waals surface area contributed by atoms with Gasteiger partial charge in [-0.2, -0.15) is 0 Å². The minimum absolute atomic E-state index is 0.0526. The van der Waals surface area contributed by atoms with Crippen LogP contribution in [0.25, 0.3) is 0 Å². The summed E-state index contributed by atoms with van der Waals surface area (Å²) >= 11 is 0. The van der Waals surface area contributed by atoms with E-state index in [-0.39, 0.29) is 5.91 Å². The largest absolute Gasteiger partial charge is 0.397 e. The summed E-state index contributed by atoms with van der Waals surface area (Å²) in [6, 6.07) is 10.1. The summed E-state index contributed by atoms with van der Waals surface area (Å²) < 4.78 is 0. The molecule has 0 saturated carbocycles. The molecule has 1 amide bonds. The summed E-state index contributed by atoms with van der Waals surface area (Å²) in [5.74, 6) is 0.0526. The maximum Gasteiger partial charge on any atom is 0.224 e. The molecule has 1 aliphatic heterocycles. The van der Waals surface area contributed by atoms with E-state index in [9.17, 15) is 4.79 Å². The highest BCUT2D eigenvalue weighted by atomic mass is 16.1. The minimum atomic E-state index is 0.0526. The second-order valence-electron chi connectivity index (χ2n) is 5.57. The molecule has 3 rings (SSSR count). The van der Waals surface area contributed by atoms with Crippen molar-refractivity contribution in [2.24, 2.45) is 0 Å². The predicted molar refractivity (Wildman–Crippen MR) is 87.0 cm³/mol. The molecule has 2 aromatic carbocycles. The first kappa shape index (κ1) is 13.5. The zero-order valence-corrected chi connectivity index (χ0v) is 12.3. The lowest BCUT2D eigenvalue weighted by molar-refractivity contribution is -0.116. The van der Waals surface area contributed by atoms with E-state index in [1.807, 2.05) is 18.2 Å². The first-order valence-corrected chi connectivity index (χ1v) is 7.09. The van der Waals surface area contributed by atoms with E-state index in [1.54, 1.807) is 0 Å². The number of fused-ring (bicyclic) bond motifs is 1. The van der Waals surface area contributed by atoms with Crippen LogP contribution in [0, 0.1) is 13.8 Å². The first-order chi connectivity index (χ1) is 10.0. The summed E-state index contributed by atoms with van der Waals surface area (Å²) in [6.45, 7) is 4.18. The van der Waals surface area contributed by atoms with Gasteiger partial charge in [0.15, 0.2) is 0 Å². The van der Waals surface area contributed by atoms with Gasteiger partial charge in [-0.05, 0) is 61.2 Å². The fourth-order valence-electron chi connectivity index (χ4n) is 2.53. The Hall–Kier alpha value is -2.49. The van der Waals surface area contributed by atoms with Crippen molar-refractivity contribution in [3.05, 3.63) is 47.0 Å². The molecule has 0 aliphatic carbocycles. The smallest absolute Gasteiger partial charge is 0.224 e. The molecule has 1 heterocycles. The summed E-state index contributed by atoms with van der Waals surface area (Å²) in [5.41, 5.74) is 13.1. The molecule has 0 bridgehead atoms. The Balaban J connectivity index is 1.92. The zero-order valence-electron chi connectivity index (χ0n) is 12.3. The molecular weight excluding hydrogens is 262 g/mol. The molecule has 0 unspecified atom stereocenters. The summed E-state index contributed by atoms with van der Waals surface area (Å²) in [6.07, 6.45) is 1.28. The van der Waals surface area contributed by atoms with Gasteiger partial charge in [0, 0.05) is 17.8 Å². The molecule has 0 atom stereocenters. The predicted octanol–water partition coefficient (Wildman–Crippen LogP) is 3.51. The average molecular weight is 281 g/mol. The van der Waals surface area contributed by atoms with Crippen LogP contribution in [-0.4, -0.2) is 5.91 Å². The lowest BCUT2D eigenvalue weighted by Crippen LogP contribution is -2.19. The number of carbonyl (C=O) groups excluding carboxylic acids is 1. The van der Waals surface area contributed by atoms with Gasteiger partial charge in [0.2, 0.25) is 5.91 Å². The van der Waals surface area contributed by atoms with Gasteiger partial charge >= 0.3 is 0 Å². The van der Waals surface area contributed by atoms with Crippen molar-refractivity contribution >= 4 is 28.7 Å². The Morgan fingerprint density at radius 3 is 2.67 bits per heavy atom. The van der Waals surface area contributed by atoms with Crippen molar-refractivity contribution in [2.45, 2.75) is 26.7 Å². The lowest BCUT2D eigenvalue weighted by Gasteiger charge is -2.20. The van der Waals surface area contributed by atoms with Crippen molar-refractivity contribution in [1.82, 2.24) is 0 Å². The molecule has 0 spiro atoms. The van der Waals surface area contributed by atoms with E-state index < -0.39 is 0 Å². The van der Waals surface area contributed by atoms with Crippen LogP contribution in [0.2, 0.25) is 0 Å². The third-order valence-corrected chi connectivity index (χ3v) is 3.96. The number of anilines is 4. The average Bonchev–Trinajstić information content (AvgIpc) is 2.44. The highest BCUT2D eigenvalue weighted by Crippen LogP contribution is 2.32. The number of nitrogen functional groups attached to an aromatic ring is 1. The topological polar surface area (TPSA) is 67.2 Å². The number of aryl methyl sites for hydroxylation is 3. The minimum Gasteiger partial charge on any atom is -0.397 e. The Labute approximate surface area is 124 Å². The van der Waals surface area contributed by atoms with E-state index in [0.29, 0.717) is 12.1 Å². The quantitative estimate of drug-likeness (QED) is 0.738. The molecular formula is C17H19N3O. The van der Waals surface area contributed by atoms with E-state index in [2.05, 4.69) is 36.6 Å². The fourth-order valence-corrected chi connectivity index (χ4v) is 2.53. The van der Waals surface area contributed by atoms with Crippen molar-refractivity contribution < 1.29 is 4.79 Å². The molecule has 4 nitrogen and oxygen atoms in total. The van der Waals surface area contributed by atoms with Crippen LogP contribution in [0.1, 0.15) is 23.1 Å². The number of amides is 1. The number of hydrogen-bond acceptors (Lipinski definition) is 3. The van der Waals surface area contributed by atoms with Crippen LogP contribution in [0.5, 0.6) is 0 Å². The highest BCUT2D eigenvalue weighted by molar-refractivity contribution is 5.95. The second-order valence-corrected chi connectivity index (χ2v) is 5.57. The Bertz CT molecular complexity index is 722. The van der Waals surface area contributed by atoms with Gasteiger partial charge in [0.25, 0.3) is 0 Å². The van der Waals surface area contributed by atoms with Gasteiger partial charge in [0.05, 0.1) is 11.4 Å². The van der Waals surface area contributed by atoms with Crippen LogP contribution < -0.4 is 16.4 Å². The third kappa shape index (κ3) is 2.70. The van der Waals surface area contributed by atoms with Gasteiger partial charge in [-0.3, -0.25) is 4.79 Å². The first-order valence-electron chi connectivity index (χ1n) is 7.09. The zero-order chi connectivity index (χ0) is 15.0. The second kappa shape index (κ2) is 5.13. The number of benzene rings is 2. The standard InChI is InChI=1S/C17H19N3O/c1-10-3-5-13(7-11(10)2)19-16-8-12-4-6-17(21)20-15(12)9-14(16)18/h3,5,7-9,19H,4,6,18H2,1-2H3,(H,20,21). The van der Waals surface area contributed by atoms with E-state index in [0.717, 1.165) is 29.0 Å². The van der Waals surface area contributed by atoms with Crippen LogP contribution in [0.4, 0.5) is 22.7 Å². The SMILES string of the molecule is Cc1ccc(Nc2cc3c(cc2N)NC(=O)CC3)cc1C. The fraction of sp³-hybridized carbons (Fsp3) is 0.235. The summed E-state index contributed by atoms with van der Waals surface area (Å²) in [7, 11) is 0. The normalized spacial score (nSPS) is 13.5. The lowest BCUT2D eigenvalue weighted by atomic mass is 10.0. The van der Waals surface area contributed by atoms with Crippen LogP contribution >= 0.6 is 0 Å².